The van der Waals surface area contributed by atoms with Crippen molar-refractivity contribution >= 4 is 23.6 Å². The highest BCUT2D eigenvalue weighted by Crippen LogP contribution is 2.65. The molecule has 2 amide bonds. The molecular weight excluding hydrogens is 382 g/mol. The summed E-state index contributed by atoms with van der Waals surface area (Å²) in [4.78, 5) is 52.2. The summed E-state index contributed by atoms with van der Waals surface area (Å²) >= 11 is 0. The van der Waals surface area contributed by atoms with E-state index in [1.807, 2.05) is 19.9 Å². The fourth-order valence-corrected chi connectivity index (χ4v) is 5.72. The van der Waals surface area contributed by atoms with Gasteiger partial charge in [0.05, 0.1) is 11.8 Å². The molecule has 156 valence electrons. The number of Topliss-reactive ketones (excluding diaryl/α,β-unsaturated/α-hetero) is 1. The van der Waals surface area contributed by atoms with Crippen molar-refractivity contribution < 1.29 is 23.9 Å². The number of allylic oxidation sites excluding steroid dienone is 2. The van der Waals surface area contributed by atoms with Crippen molar-refractivity contribution in [2.45, 2.75) is 33.2 Å². The molecule has 6 heteroatoms. The average Bonchev–Trinajstić information content (AvgIpc) is 3.51. The van der Waals surface area contributed by atoms with Gasteiger partial charge in [0.25, 0.3) is 0 Å². The van der Waals surface area contributed by atoms with Gasteiger partial charge in [-0.3, -0.25) is 19.3 Å². The lowest BCUT2D eigenvalue weighted by atomic mass is 9.63. The molecule has 0 unspecified atom stereocenters. The first-order chi connectivity index (χ1) is 14.3. The predicted molar refractivity (Wildman–Crippen MR) is 107 cm³/mol. The Hall–Kier alpha value is -2.76. The first-order valence-corrected chi connectivity index (χ1v) is 10.6. The van der Waals surface area contributed by atoms with E-state index in [1.54, 1.807) is 12.1 Å². The molecule has 30 heavy (non-hydrogen) atoms. The van der Waals surface area contributed by atoms with E-state index in [9.17, 15) is 19.2 Å². The number of ketones is 1. The molecule has 2 bridgehead atoms. The molecule has 4 aliphatic carbocycles. The topological polar surface area (TPSA) is 80.8 Å². The highest BCUT2D eigenvalue weighted by molar-refractivity contribution is 6.09. The van der Waals surface area contributed by atoms with Crippen LogP contribution in [0.25, 0.3) is 0 Å². The van der Waals surface area contributed by atoms with Crippen LogP contribution in [-0.4, -0.2) is 41.1 Å². The van der Waals surface area contributed by atoms with Gasteiger partial charge in [-0.25, -0.2) is 4.79 Å². The largest absolute Gasteiger partial charge is 0.456 e. The molecule has 6 nitrogen and oxygen atoms in total. The van der Waals surface area contributed by atoms with E-state index in [0.29, 0.717) is 17.4 Å². The second-order valence-electron chi connectivity index (χ2n) is 9.21. The van der Waals surface area contributed by atoms with Gasteiger partial charge < -0.3 is 4.74 Å². The summed E-state index contributed by atoms with van der Waals surface area (Å²) in [6.07, 6.45) is 5.29. The number of ether oxygens (including phenoxy) is 1. The van der Waals surface area contributed by atoms with Crippen LogP contribution in [0, 0.1) is 49.4 Å². The van der Waals surface area contributed by atoms with Crippen molar-refractivity contribution in [3.63, 3.8) is 0 Å². The predicted octanol–water partition coefficient (Wildman–Crippen LogP) is 2.47. The summed E-state index contributed by atoms with van der Waals surface area (Å²) in [7, 11) is 0. The Morgan fingerprint density at radius 1 is 1.03 bits per heavy atom. The number of benzene rings is 1. The Labute approximate surface area is 175 Å². The van der Waals surface area contributed by atoms with Crippen LogP contribution in [0.1, 0.15) is 34.8 Å². The van der Waals surface area contributed by atoms with Crippen LogP contribution in [0.3, 0.4) is 0 Å². The van der Waals surface area contributed by atoms with E-state index in [2.05, 4.69) is 12.2 Å². The normalized spacial score (nSPS) is 33.9. The van der Waals surface area contributed by atoms with Crippen molar-refractivity contribution in [3.8, 4) is 0 Å². The molecule has 1 aromatic carbocycles. The summed E-state index contributed by atoms with van der Waals surface area (Å²) in [5, 5.41) is 0. The minimum Gasteiger partial charge on any atom is -0.456 e. The Morgan fingerprint density at radius 2 is 1.63 bits per heavy atom. The van der Waals surface area contributed by atoms with Crippen LogP contribution in [0.5, 0.6) is 0 Å². The van der Waals surface area contributed by atoms with Crippen molar-refractivity contribution in [1.82, 2.24) is 4.90 Å². The molecular formula is C24H25NO5. The van der Waals surface area contributed by atoms with Crippen LogP contribution in [-0.2, 0) is 19.1 Å². The molecule has 3 fully saturated rings. The minimum absolute atomic E-state index is 0.112. The minimum atomic E-state index is -1.03. The standard InChI is InChI=1S/C24H25NO5/c1-11-4-5-14(8-12(11)2)19(26)10-30-24(29)13(3)25-22(27)20-15-6-7-16(18-9-17(15)18)21(20)23(25)28/h4-8,13,15-18,20-21H,9-10H2,1-3H3/t13-,15-,16-,17-,18+,20+,21-/m1/s1. The zero-order valence-electron chi connectivity index (χ0n) is 17.3. The Morgan fingerprint density at radius 3 is 2.20 bits per heavy atom. The molecule has 1 aliphatic heterocycles. The zero-order valence-corrected chi connectivity index (χ0v) is 17.3. The lowest BCUT2D eigenvalue weighted by Gasteiger charge is -2.37. The van der Waals surface area contributed by atoms with E-state index >= 15 is 0 Å². The number of nitrogens with zero attached hydrogens (tertiary/aromatic N) is 1. The fraction of sp³-hybridized carbons (Fsp3) is 0.500. The van der Waals surface area contributed by atoms with Gasteiger partial charge in [-0.05, 0) is 68.1 Å². The lowest BCUT2D eigenvalue weighted by Crippen LogP contribution is -2.45. The Balaban J connectivity index is 1.26. The Bertz CT molecular complexity index is 975. The SMILES string of the molecule is Cc1ccc(C(=O)COC(=O)[C@@H](C)N2C(=O)[C@@H]3[C@@H]4C=C[C@H]([C@H]5C[C@@H]45)[C@@H]3C2=O)cc1C. The summed E-state index contributed by atoms with van der Waals surface area (Å²) in [6.45, 7) is 4.96. The molecule has 5 aliphatic rings. The summed E-state index contributed by atoms with van der Waals surface area (Å²) in [6, 6.07) is 4.29. The number of esters is 1. The number of hydrogen-bond acceptors (Lipinski definition) is 5. The first kappa shape index (κ1) is 19.2. The third kappa shape index (κ3) is 2.69. The van der Waals surface area contributed by atoms with Gasteiger partial charge in [0.2, 0.25) is 11.8 Å². The van der Waals surface area contributed by atoms with Gasteiger partial charge in [-0.1, -0.05) is 24.3 Å². The monoisotopic (exact) mass is 407 g/mol. The maximum absolute atomic E-state index is 13.1. The summed E-state index contributed by atoms with van der Waals surface area (Å²) in [5.74, 6) is -1.01. The van der Waals surface area contributed by atoms with Crippen molar-refractivity contribution in [3.05, 3.63) is 47.0 Å². The molecule has 0 aromatic heterocycles. The molecule has 1 saturated heterocycles. The van der Waals surface area contributed by atoms with E-state index < -0.39 is 18.6 Å². The van der Waals surface area contributed by atoms with Gasteiger partial charge >= 0.3 is 5.97 Å². The quantitative estimate of drug-likeness (QED) is 0.324. The number of likely N-dealkylation sites (tertiary alicyclic amines) is 1. The molecule has 7 atom stereocenters. The van der Waals surface area contributed by atoms with Crippen LogP contribution >= 0.6 is 0 Å². The van der Waals surface area contributed by atoms with E-state index in [0.717, 1.165) is 22.4 Å². The lowest BCUT2D eigenvalue weighted by molar-refractivity contribution is -0.157. The molecule has 1 aromatic rings. The maximum atomic E-state index is 13.1. The molecule has 0 spiro atoms. The number of carbonyl (C=O) groups is 4. The number of amides is 2. The summed E-state index contributed by atoms with van der Waals surface area (Å²) < 4.78 is 5.20. The Kier molecular flexibility index (Phi) is 4.24. The van der Waals surface area contributed by atoms with Gasteiger partial charge in [0, 0.05) is 5.56 Å². The number of imide groups is 1. The van der Waals surface area contributed by atoms with E-state index in [-0.39, 0.29) is 41.3 Å². The molecule has 2 saturated carbocycles. The van der Waals surface area contributed by atoms with Crippen molar-refractivity contribution in [2.75, 3.05) is 6.61 Å². The summed E-state index contributed by atoms with van der Waals surface area (Å²) in [5.41, 5.74) is 2.53. The molecule has 1 heterocycles. The van der Waals surface area contributed by atoms with Crippen LogP contribution < -0.4 is 0 Å². The zero-order chi connectivity index (χ0) is 21.3. The molecule has 0 N–H and O–H groups in total. The average molecular weight is 407 g/mol. The third-order valence-electron chi connectivity index (χ3n) is 7.60. The number of rotatable bonds is 5. The van der Waals surface area contributed by atoms with Crippen LogP contribution in [0.4, 0.5) is 0 Å². The molecule has 6 rings (SSSR count). The van der Waals surface area contributed by atoms with Crippen molar-refractivity contribution in [2.24, 2.45) is 35.5 Å². The maximum Gasteiger partial charge on any atom is 0.329 e. The van der Waals surface area contributed by atoms with Gasteiger partial charge in [0.1, 0.15) is 6.04 Å². The fourth-order valence-electron chi connectivity index (χ4n) is 5.72. The molecule has 0 radical (unpaired) electrons. The smallest absolute Gasteiger partial charge is 0.329 e. The van der Waals surface area contributed by atoms with E-state index in [1.165, 1.54) is 6.92 Å². The number of aryl methyl sites for hydroxylation is 2. The van der Waals surface area contributed by atoms with Crippen molar-refractivity contribution in [1.29, 1.82) is 0 Å². The highest BCUT2D eigenvalue weighted by atomic mass is 16.5. The van der Waals surface area contributed by atoms with Crippen LogP contribution in [0.15, 0.2) is 30.4 Å². The highest BCUT2D eigenvalue weighted by Gasteiger charge is 2.67. The van der Waals surface area contributed by atoms with Gasteiger partial charge in [-0.15, -0.1) is 0 Å². The third-order valence-corrected chi connectivity index (χ3v) is 7.60. The first-order valence-electron chi connectivity index (χ1n) is 10.6. The number of carbonyl (C=O) groups excluding carboxylic acids is 4. The van der Waals surface area contributed by atoms with E-state index in [4.69, 9.17) is 4.74 Å². The number of hydrogen-bond donors (Lipinski definition) is 0. The second kappa shape index (κ2) is 6.62. The second-order valence-corrected chi connectivity index (χ2v) is 9.21. The van der Waals surface area contributed by atoms with Gasteiger partial charge in [-0.2, -0.15) is 0 Å². The van der Waals surface area contributed by atoms with Gasteiger partial charge in [0.15, 0.2) is 12.4 Å². The van der Waals surface area contributed by atoms with Crippen LogP contribution in [0.2, 0.25) is 0 Å².